The minimum absolute atomic E-state index is 0.218. The molecule has 2 rings (SSSR count). The van der Waals surface area contributed by atoms with Crippen molar-refractivity contribution in [3.63, 3.8) is 0 Å². The Morgan fingerprint density at radius 3 is 2.62 bits per heavy atom. The SMILES string of the molecule is COC(=O)c1ccnc(Oc2cc(C#N)cc(OC)c2)c1. The quantitative estimate of drug-likeness (QED) is 0.802. The normalized spacial score (nSPS) is 9.57. The molecule has 0 N–H and O–H groups in total. The Kier molecular flexibility index (Phi) is 4.36. The van der Waals surface area contributed by atoms with Gasteiger partial charge in [-0.15, -0.1) is 0 Å². The molecule has 0 fully saturated rings. The second-order valence-corrected chi connectivity index (χ2v) is 3.99. The summed E-state index contributed by atoms with van der Waals surface area (Å²) < 4.78 is 15.3. The van der Waals surface area contributed by atoms with Crippen LogP contribution >= 0.6 is 0 Å². The van der Waals surface area contributed by atoms with Gasteiger partial charge in [0.05, 0.1) is 31.4 Å². The van der Waals surface area contributed by atoms with Gasteiger partial charge >= 0.3 is 5.97 Å². The third kappa shape index (κ3) is 3.48. The summed E-state index contributed by atoms with van der Waals surface area (Å²) in [6.07, 6.45) is 1.44. The Bertz CT molecular complexity index is 707. The van der Waals surface area contributed by atoms with Crippen LogP contribution in [0.15, 0.2) is 36.5 Å². The molecule has 0 aliphatic carbocycles. The van der Waals surface area contributed by atoms with Crippen molar-refractivity contribution < 1.29 is 19.0 Å². The second kappa shape index (κ2) is 6.39. The van der Waals surface area contributed by atoms with E-state index in [-0.39, 0.29) is 5.88 Å². The van der Waals surface area contributed by atoms with Gasteiger partial charge in [0.25, 0.3) is 0 Å². The van der Waals surface area contributed by atoms with Crippen LogP contribution < -0.4 is 9.47 Å². The molecule has 0 bridgehead atoms. The average molecular weight is 284 g/mol. The van der Waals surface area contributed by atoms with Crippen molar-refractivity contribution in [3.05, 3.63) is 47.7 Å². The van der Waals surface area contributed by atoms with E-state index < -0.39 is 5.97 Å². The van der Waals surface area contributed by atoms with Crippen molar-refractivity contribution in [2.75, 3.05) is 14.2 Å². The number of rotatable bonds is 4. The lowest BCUT2D eigenvalue weighted by Crippen LogP contribution is -2.01. The Morgan fingerprint density at radius 1 is 1.19 bits per heavy atom. The fourth-order valence-electron chi connectivity index (χ4n) is 1.64. The average Bonchev–Trinajstić information content (AvgIpc) is 2.53. The maximum absolute atomic E-state index is 11.5. The molecule has 0 radical (unpaired) electrons. The van der Waals surface area contributed by atoms with Gasteiger partial charge in [0, 0.05) is 18.3 Å². The van der Waals surface area contributed by atoms with Crippen LogP contribution in [-0.2, 0) is 4.74 Å². The summed E-state index contributed by atoms with van der Waals surface area (Å²) in [6.45, 7) is 0. The van der Waals surface area contributed by atoms with E-state index in [4.69, 9.17) is 14.7 Å². The Labute approximate surface area is 121 Å². The molecule has 1 aromatic carbocycles. The minimum atomic E-state index is -0.481. The first-order valence-electron chi connectivity index (χ1n) is 5.97. The van der Waals surface area contributed by atoms with Crippen LogP contribution in [0.1, 0.15) is 15.9 Å². The number of hydrogen-bond donors (Lipinski definition) is 0. The van der Waals surface area contributed by atoms with Crippen molar-refractivity contribution in [1.82, 2.24) is 4.98 Å². The minimum Gasteiger partial charge on any atom is -0.497 e. The molecule has 0 saturated carbocycles. The van der Waals surface area contributed by atoms with E-state index in [1.807, 2.05) is 6.07 Å². The lowest BCUT2D eigenvalue weighted by Gasteiger charge is -2.08. The monoisotopic (exact) mass is 284 g/mol. The first-order chi connectivity index (χ1) is 10.2. The molecule has 0 unspecified atom stereocenters. The number of carbonyl (C=O) groups excluding carboxylic acids is 1. The van der Waals surface area contributed by atoms with Crippen molar-refractivity contribution in [2.45, 2.75) is 0 Å². The highest BCUT2D eigenvalue weighted by Gasteiger charge is 2.09. The number of aromatic nitrogens is 1. The van der Waals surface area contributed by atoms with Crippen LogP contribution in [0.5, 0.6) is 17.4 Å². The Hall–Kier alpha value is -3.07. The number of carbonyl (C=O) groups is 1. The fraction of sp³-hybridized carbons (Fsp3) is 0.133. The second-order valence-electron chi connectivity index (χ2n) is 3.99. The van der Waals surface area contributed by atoms with E-state index >= 15 is 0 Å². The van der Waals surface area contributed by atoms with Gasteiger partial charge in [0.1, 0.15) is 11.5 Å². The number of nitriles is 1. The summed E-state index contributed by atoms with van der Waals surface area (Å²) >= 11 is 0. The summed E-state index contributed by atoms with van der Waals surface area (Å²) in [7, 11) is 2.79. The van der Waals surface area contributed by atoms with E-state index in [2.05, 4.69) is 9.72 Å². The zero-order valence-electron chi connectivity index (χ0n) is 11.5. The van der Waals surface area contributed by atoms with Gasteiger partial charge in [-0.3, -0.25) is 0 Å². The van der Waals surface area contributed by atoms with Crippen LogP contribution in [0.25, 0.3) is 0 Å². The van der Waals surface area contributed by atoms with Crippen LogP contribution in [0.3, 0.4) is 0 Å². The Balaban J connectivity index is 2.30. The summed E-state index contributed by atoms with van der Waals surface area (Å²) in [6, 6.07) is 9.74. The highest BCUT2D eigenvalue weighted by molar-refractivity contribution is 5.89. The van der Waals surface area contributed by atoms with Gasteiger partial charge in [-0.2, -0.15) is 5.26 Å². The first-order valence-corrected chi connectivity index (χ1v) is 5.97. The molecule has 0 spiro atoms. The number of ether oxygens (including phenoxy) is 3. The van der Waals surface area contributed by atoms with Crippen molar-refractivity contribution in [1.29, 1.82) is 5.26 Å². The third-order valence-corrected chi connectivity index (χ3v) is 2.62. The van der Waals surface area contributed by atoms with Crippen LogP contribution in [0, 0.1) is 11.3 Å². The first kappa shape index (κ1) is 14.3. The molecule has 0 saturated heterocycles. The fourth-order valence-corrected chi connectivity index (χ4v) is 1.64. The molecular weight excluding hydrogens is 272 g/mol. The molecule has 0 aliphatic rings. The maximum Gasteiger partial charge on any atom is 0.338 e. The number of hydrogen-bond acceptors (Lipinski definition) is 6. The van der Waals surface area contributed by atoms with Crippen LogP contribution in [0.4, 0.5) is 0 Å². The zero-order chi connectivity index (χ0) is 15.2. The standard InChI is InChI=1S/C15H12N2O4/c1-19-12-5-10(9-16)6-13(8-12)21-14-7-11(3-4-17-14)15(18)20-2/h3-8H,1-2H3. The molecule has 0 amide bonds. The van der Waals surface area contributed by atoms with Gasteiger partial charge in [0.2, 0.25) is 5.88 Å². The van der Waals surface area contributed by atoms with Crippen LogP contribution in [-0.4, -0.2) is 25.2 Å². The van der Waals surface area contributed by atoms with Crippen molar-refractivity contribution in [3.8, 4) is 23.4 Å². The highest BCUT2D eigenvalue weighted by atomic mass is 16.5. The summed E-state index contributed by atoms with van der Waals surface area (Å²) in [5, 5.41) is 8.96. The maximum atomic E-state index is 11.5. The molecule has 2 aromatic rings. The van der Waals surface area contributed by atoms with Gasteiger partial charge < -0.3 is 14.2 Å². The summed E-state index contributed by atoms with van der Waals surface area (Å²) in [4.78, 5) is 15.5. The smallest absolute Gasteiger partial charge is 0.338 e. The molecule has 106 valence electrons. The summed E-state index contributed by atoms with van der Waals surface area (Å²) in [5.74, 6) is 0.620. The molecule has 0 aliphatic heterocycles. The van der Waals surface area contributed by atoms with Gasteiger partial charge in [-0.25, -0.2) is 9.78 Å². The molecule has 6 heteroatoms. The lowest BCUT2D eigenvalue weighted by atomic mass is 10.2. The van der Waals surface area contributed by atoms with E-state index in [0.717, 1.165) is 0 Å². The number of methoxy groups -OCH3 is 2. The number of nitrogens with zero attached hydrogens (tertiary/aromatic N) is 2. The van der Waals surface area contributed by atoms with E-state index in [9.17, 15) is 4.79 Å². The highest BCUT2D eigenvalue weighted by Crippen LogP contribution is 2.26. The van der Waals surface area contributed by atoms with Gasteiger partial charge in [0.15, 0.2) is 0 Å². The zero-order valence-corrected chi connectivity index (χ0v) is 11.5. The number of benzene rings is 1. The third-order valence-electron chi connectivity index (χ3n) is 2.62. The Morgan fingerprint density at radius 2 is 1.95 bits per heavy atom. The molecule has 0 atom stereocenters. The predicted molar refractivity (Wildman–Crippen MR) is 73.4 cm³/mol. The molecule has 6 nitrogen and oxygen atoms in total. The number of esters is 1. The van der Waals surface area contributed by atoms with Crippen LogP contribution in [0.2, 0.25) is 0 Å². The van der Waals surface area contributed by atoms with Gasteiger partial charge in [-0.05, 0) is 18.2 Å². The predicted octanol–water partition coefficient (Wildman–Crippen LogP) is 2.54. The van der Waals surface area contributed by atoms with Gasteiger partial charge in [-0.1, -0.05) is 0 Å². The molecule has 1 aromatic heterocycles. The van der Waals surface area contributed by atoms with E-state index in [0.29, 0.717) is 22.6 Å². The topological polar surface area (TPSA) is 81.4 Å². The summed E-state index contributed by atoms with van der Waals surface area (Å²) in [5.41, 5.74) is 0.722. The van der Waals surface area contributed by atoms with Crippen molar-refractivity contribution in [2.24, 2.45) is 0 Å². The molecular formula is C15H12N2O4. The van der Waals surface area contributed by atoms with E-state index in [1.165, 1.54) is 32.5 Å². The van der Waals surface area contributed by atoms with Crippen molar-refractivity contribution >= 4 is 5.97 Å². The number of pyridine rings is 1. The lowest BCUT2D eigenvalue weighted by molar-refractivity contribution is 0.0600. The largest absolute Gasteiger partial charge is 0.497 e. The molecule has 21 heavy (non-hydrogen) atoms. The molecule has 1 heterocycles. The van der Waals surface area contributed by atoms with E-state index in [1.54, 1.807) is 18.2 Å².